The van der Waals surface area contributed by atoms with E-state index in [1.807, 2.05) is 12.2 Å². The van der Waals surface area contributed by atoms with Gasteiger partial charge >= 0.3 is 0 Å². The molecule has 6 rings (SSSR count). The van der Waals surface area contributed by atoms with Crippen LogP contribution in [0, 0.1) is 11.7 Å². The smallest absolute Gasteiger partial charge is 0.299 e. The number of fused-ring (bicyclic) bond motifs is 2. The number of Topliss-reactive ketones (excluding diaryl/α,β-unsaturated/α-hetero) is 1. The Labute approximate surface area is 241 Å². The fraction of sp³-hybridized carbons (Fsp3) is 0.250. The van der Waals surface area contributed by atoms with Crippen LogP contribution >= 0.6 is 0 Å². The molecular formula is C32H28FN3O6. The minimum absolute atomic E-state index is 0.0789. The number of nitrogens with zero attached hydrogens (tertiary/aromatic N) is 2. The quantitative estimate of drug-likeness (QED) is 0.317. The van der Waals surface area contributed by atoms with Gasteiger partial charge in [0.25, 0.3) is 11.7 Å². The molecule has 9 nitrogen and oxygen atoms in total. The Bertz CT molecular complexity index is 1600. The number of hydrogen-bond acceptors (Lipinski definition) is 6. The summed E-state index contributed by atoms with van der Waals surface area (Å²) in [6.07, 6.45) is 5.87. The zero-order valence-corrected chi connectivity index (χ0v) is 22.6. The van der Waals surface area contributed by atoms with Crippen molar-refractivity contribution in [1.82, 2.24) is 4.90 Å². The molecule has 1 N–H and O–H groups in total. The molecule has 0 radical (unpaired) electrons. The van der Waals surface area contributed by atoms with Crippen LogP contribution in [0.3, 0.4) is 0 Å². The van der Waals surface area contributed by atoms with Crippen molar-refractivity contribution < 1.29 is 33.0 Å². The van der Waals surface area contributed by atoms with Crippen molar-refractivity contribution >= 4 is 34.9 Å². The number of para-hydroxylation sites is 1. The Hall–Kier alpha value is -4.99. The minimum atomic E-state index is -1.00. The Balaban J connectivity index is 1.35. The zero-order chi connectivity index (χ0) is 29.2. The molecule has 1 aliphatic carbocycles. The molecule has 0 saturated heterocycles. The first kappa shape index (κ1) is 27.2. The van der Waals surface area contributed by atoms with Crippen molar-refractivity contribution in [1.29, 1.82) is 0 Å². The highest BCUT2D eigenvalue weighted by atomic mass is 19.1. The summed E-state index contributed by atoms with van der Waals surface area (Å²) >= 11 is 0. The van der Waals surface area contributed by atoms with Gasteiger partial charge in [0.2, 0.25) is 18.6 Å². The minimum Gasteiger partial charge on any atom is -0.454 e. The lowest BCUT2D eigenvalue weighted by atomic mass is 9.85. The van der Waals surface area contributed by atoms with Crippen molar-refractivity contribution in [3.05, 3.63) is 95.8 Å². The average molecular weight is 570 g/mol. The summed E-state index contributed by atoms with van der Waals surface area (Å²) in [7, 11) is 0. The second-order valence-electron chi connectivity index (χ2n) is 10.4. The summed E-state index contributed by atoms with van der Waals surface area (Å²) in [5.74, 6) is -2.32. The summed E-state index contributed by atoms with van der Waals surface area (Å²) < 4.78 is 25.7. The Kier molecular flexibility index (Phi) is 7.43. The summed E-state index contributed by atoms with van der Waals surface area (Å²) in [5.41, 5.74) is 1.22. The number of carbonyl (C=O) groups is 4. The molecule has 0 spiro atoms. The van der Waals surface area contributed by atoms with Crippen LogP contribution in [0.25, 0.3) is 0 Å². The number of halogens is 1. The molecule has 2 unspecified atom stereocenters. The number of hydrogen-bond donors (Lipinski definition) is 1. The highest BCUT2D eigenvalue weighted by molar-refractivity contribution is 6.52. The maximum Gasteiger partial charge on any atom is 0.299 e. The van der Waals surface area contributed by atoms with Crippen LogP contribution < -0.4 is 19.7 Å². The molecule has 214 valence electrons. The fourth-order valence-corrected chi connectivity index (χ4v) is 5.69. The average Bonchev–Trinajstić information content (AvgIpc) is 3.57. The largest absolute Gasteiger partial charge is 0.454 e. The number of allylic oxidation sites excluding steroid dienone is 2. The number of carbonyl (C=O) groups excluding carboxylic acids is 4. The molecular weight excluding hydrogens is 541 g/mol. The number of anilines is 2. The van der Waals surface area contributed by atoms with E-state index >= 15 is 0 Å². The highest BCUT2D eigenvalue weighted by Gasteiger charge is 2.41. The molecule has 2 atom stereocenters. The number of nitrogens with one attached hydrogen (secondary N) is 1. The topological polar surface area (TPSA) is 105 Å². The van der Waals surface area contributed by atoms with Crippen LogP contribution in [0.4, 0.5) is 15.8 Å². The molecule has 3 aliphatic rings. The van der Waals surface area contributed by atoms with Crippen LogP contribution in [0.5, 0.6) is 11.5 Å². The van der Waals surface area contributed by atoms with Crippen molar-refractivity contribution in [2.24, 2.45) is 5.92 Å². The third-order valence-corrected chi connectivity index (χ3v) is 7.79. The number of ketones is 1. The second kappa shape index (κ2) is 11.5. The monoisotopic (exact) mass is 569 g/mol. The molecule has 3 aromatic rings. The van der Waals surface area contributed by atoms with Crippen LogP contribution in [-0.2, 0) is 20.9 Å². The van der Waals surface area contributed by atoms with E-state index < -0.39 is 41.9 Å². The Morgan fingerprint density at radius 3 is 2.60 bits per heavy atom. The lowest BCUT2D eigenvalue weighted by molar-refractivity contribution is -0.140. The van der Waals surface area contributed by atoms with Gasteiger partial charge in [-0.05, 0) is 55.5 Å². The first-order valence-electron chi connectivity index (χ1n) is 13.7. The van der Waals surface area contributed by atoms with E-state index in [9.17, 15) is 23.6 Å². The first-order valence-corrected chi connectivity index (χ1v) is 13.7. The maximum atomic E-state index is 14.9. The molecule has 10 heteroatoms. The first-order chi connectivity index (χ1) is 20.4. The molecule has 2 aliphatic heterocycles. The van der Waals surface area contributed by atoms with E-state index in [2.05, 4.69) is 5.32 Å². The van der Waals surface area contributed by atoms with Gasteiger partial charge in [-0.3, -0.25) is 24.1 Å². The van der Waals surface area contributed by atoms with Crippen LogP contribution in [-0.4, -0.2) is 47.8 Å². The van der Waals surface area contributed by atoms with Gasteiger partial charge in [-0.25, -0.2) is 4.39 Å². The third kappa shape index (κ3) is 5.23. The van der Waals surface area contributed by atoms with Crippen molar-refractivity contribution in [3.8, 4) is 11.5 Å². The number of amides is 3. The van der Waals surface area contributed by atoms with Gasteiger partial charge in [-0.15, -0.1) is 0 Å². The predicted molar refractivity (Wildman–Crippen MR) is 152 cm³/mol. The van der Waals surface area contributed by atoms with Gasteiger partial charge in [0.15, 0.2) is 11.5 Å². The van der Waals surface area contributed by atoms with Crippen LogP contribution in [0.15, 0.2) is 78.9 Å². The van der Waals surface area contributed by atoms with E-state index in [4.69, 9.17) is 9.47 Å². The number of rotatable bonds is 8. The van der Waals surface area contributed by atoms with Gasteiger partial charge in [0, 0.05) is 23.9 Å². The zero-order valence-electron chi connectivity index (χ0n) is 22.6. The maximum absolute atomic E-state index is 14.9. The van der Waals surface area contributed by atoms with Gasteiger partial charge < -0.3 is 19.7 Å². The Morgan fingerprint density at radius 2 is 1.79 bits per heavy atom. The van der Waals surface area contributed by atoms with Crippen molar-refractivity contribution in [2.45, 2.75) is 31.8 Å². The molecule has 0 bridgehead atoms. The molecule has 0 saturated carbocycles. The molecule has 0 aromatic heterocycles. The van der Waals surface area contributed by atoms with E-state index in [-0.39, 0.29) is 30.4 Å². The normalized spacial score (nSPS) is 17.6. The van der Waals surface area contributed by atoms with Crippen LogP contribution in [0.2, 0.25) is 0 Å². The van der Waals surface area contributed by atoms with Crippen molar-refractivity contribution in [2.75, 3.05) is 23.6 Å². The lowest BCUT2D eigenvalue weighted by Gasteiger charge is -2.37. The molecule has 3 amide bonds. The standard InChI is InChI=1S/C32H28FN3O6/c33-24-12-6-4-10-21(24)17-36(28(37)18-35-25-13-7-5-11-23(25)30(38)32(35)40)29(20-8-2-1-3-9-20)31(39)34-22-14-15-26-27(16-22)42-19-41-26/h1-2,4-7,10-16,20,29H,3,8-9,17-19H2,(H,34,39). The molecule has 2 heterocycles. The molecule has 42 heavy (non-hydrogen) atoms. The van der Waals surface area contributed by atoms with Crippen molar-refractivity contribution in [3.63, 3.8) is 0 Å². The summed E-state index contributed by atoms with van der Waals surface area (Å²) in [6, 6.07) is 16.5. The lowest BCUT2D eigenvalue weighted by Crippen LogP contribution is -2.54. The molecule has 0 fully saturated rings. The van der Waals surface area contributed by atoms with E-state index in [1.54, 1.807) is 54.6 Å². The van der Waals surface area contributed by atoms with Gasteiger partial charge in [-0.1, -0.05) is 42.5 Å². The second-order valence-corrected chi connectivity index (χ2v) is 10.4. The van der Waals surface area contributed by atoms with E-state index in [0.29, 0.717) is 42.1 Å². The number of benzene rings is 3. The van der Waals surface area contributed by atoms with Crippen LogP contribution in [0.1, 0.15) is 35.2 Å². The summed E-state index contributed by atoms with van der Waals surface area (Å²) in [5, 5.41) is 2.91. The predicted octanol–water partition coefficient (Wildman–Crippen LogP) is 4.48. The highest BCUT2D eigenvalue weighted by Crippen LogP contribution is 2.35. The van der Waals surface area contributed by atoms with Gasteiger partial charge in [0.1, 0.15) is 18.4 Å². The fourth-order valence-electron chi connectivity index (χ4n) is 5.69. The molecule has 3 aromatic carbocycles. The summed E-state index contributed by atoms with van der Waals surface area (Å²) in [4.78, 5) is 56.2. The Morgan fingerprint density at radius 1 is 1.00 bits per heavy atom. The third-order valence-electron chi connectivity index (χ3n) is 7.79. The van der Waals surface area contributed by atoms with E-state index in [1.165, 1.54) is 17.0 Å². The van der Waals surface area contributed by atoms with Gasteiger partial charge in [0.05, 0.1) is 11.3 Å². The SMILES string of the molecule is O=C1C(=O)N(CC(=O)N(Cc2ccccc2F)C(C(=O)Nc2ccc3c(c2)OCO3)C2CC=CCC2)c2ccccc21. The number of ether oxygens (including phenoxy) is 2. The summed E-state index contributed by atoms with van der Waals surface area (Å²) in [6.45, 7) is -0.607. The van der Waals surface area contributed by atoms with Gasteiger partial charge in [-0.2, -0.15) is 0 Å². The van der Waals surface area contributed by atoms with E-state index in [0.717, 1.165) is 4.90 Å².